The number of benzene rings is 1. The Hall–Kier alpha value is -2.28. The van der Waals surface area contributed by atoms with Crippen LogP contribution in [-0.2, 0) is 9.59 Å². The van der Waals surface area contributed by atoms with Crippen LogP contribution in [-0.4, -0.2) is 44.8 Å². The fourth-order valence-corrected chi connectivity index (χ4v) is 3.94. The van der Waals surface area contributed by atoms with Gasteiger partial charge in [0.15, 0.2) is 0 Å². The number of hydrogen-bond acceptors (Lipinski definition) is 4. The lowest BCUT2D eigenvalue weighted by Crippen LogP contribution is -2.52. The molecule has 1 aromatic heterocycles. The first-order valence-electron chi connectivity index (χ1n) is 7.54. The van der Waals surface area contributed by atoms with Gasteiger partial charge in [-0.3, -0.25) is 14.3 Å². The topological polar surface area (TPSA) is 67.2 Å². The number of carbonyl (C=O) groups excluding carboxylic acids is 2. The molecule has 118 valence electrons. The fourth-order valence-electron chi connectivity index (χ4n) is 2.84. The Balaban J connectivity index is 1.36. The van der Waals surface area contributed by atoms with Gasteiger partial charge in [0.05, 0.1) is 17.0 Å². The zero-order valence-electron chi connectivity index (χ0n) is 12.4. The lowest BCUT2D eigenvalue weighted by molar-refractivity contribution is -0.138. The summed E-state index contributed by atoms with van der Waals surface area (Å²) in [5.41, 5.74) is 0.828. The SMILES string of the molecule is O=C1Nc2ccccc2SC1CC(=O)N1CC(n2cccn2)C1. The van der Waals surface area contributed by atoms with E-state index in [-0.39, 0.29) is 29.5 Å². The van der Waals surface area contributed by atoms with E-state index >= 15 is 0 Å². The number of nitrogens with one attached hydrogen (secondary N) is 1. The van der Waals surface area contributed by atoms with Gasteiger partial charge in [0.25, 0.3) is 0 Å². The molecule has 1 unspecified atom stereocenters. The first-order chi connectivity index (χ1) is 11.2. The Morgan fingerprint density at radius 1 is 1.30 bits per heavy atom. The van der Waals surface area contributed by atoms with Gasteiger partial charge >= 0.3 is 0 Å². The van der Waals surface area contributed by atoms with Gasteiger partial charge in [0.1, 0.15) is 0 Å². The smallest absolute Gasteiger partial charge is 0.238 e. The maximum absolute atomic E-state index is 12.4. The van der Waals surface area contributed by atoms with Crippen molar-refractivity contribution >= 4 is 29.3 Å². The number of hydrogen-bond donors (Lipinski definition) is 1. The van der Waals surface area contributed by atoms with Crippen molar-refractivity contribution in [3.63, 3.8) is 0 Å². The van der Waals surface area contributed by atoms with Gasteiger partial charge in [-0.2, -0.15) is 5.10 Å². The first-order valence-corrected chi connectivity index (χ1v) is 8.42. The standard InChI is InChI=1S/C16H16N4O2S/c21-15(19-9-11(10-19)20-7-3-6-17-20)8-14-16(22)18-12-4-1-2-5-13(12)23-14/h1-7,11,14H,8-10H2,(H,18,22). The molecule has 1 atom stereocenters. The summed E-state index contributed by atoms with van der Waals surface area (Å²) in [4.78, 5) is 27.3. The summed E-state index contributed by atoms with van der Waals surface area (Å²) in [6, 6.07) is 9.80. The van der Waals surface area contributed by atoms with Gasteiger partial charge < -0.3 is 10.2 Å². The average Bonchev–Trinajstić information content (AvgIpc) is 3.00. The molecule has 2 amide bonds. The van der Waals surface area contributed by atoms with Gasteiger partial charge in [-0.05, 0) is 18.2 Å². The average molecular weight is 328 g/mol. The van der Waals surface area contributed by atoms with Crippen molar-refractivity contribution in [3.05, 3.63) is 42.7 Å². The molecule has 4 rings (SSSR count). The number of fused-ring (bicyclic) bond motifs is 1. The number of aromatic nitrogens is 2. The highest BCUT2D eigenvalue weighted by Gasteiger charge is 2.35. The zero-order chi connectivity index (χ0) is 15.8. The van der Waals surface area contributed by atoms with Gasteiger partial charge in [-0.15, -0.1) is 11.8 Å². The third kappa shape index (κ3) is 2.72. The van der Waals surface area contributed by atoms with Crippen molar-refractivity contribution in [1.29, 1.82) is 0 Å². The highest BCUT2D eigenvalue weighted by molar-refractivity contribution is 8.01. The minimum atomic E-state index is -0.360. The Morgan fingerprint density at radius 3 is 2.91 bits per heavy atom. The van der Waals surface area contributed by atoms with Gasteiger partial charge in [0, 0.05) is 36.8 Å². The molecule has 1 aromatic carbocycles. The van der Waals surface area contributed by atoms with Crippen LogP contribution in [0.3, 0.4) is 0 Å². The van der Waals surface area contributed by atoms with E-state index in [1.165, 1.54) is 11.8 Å². The number of thioether (sulfide) groups is 1. The van der Waals surface area contributed by atoms with Crippen molar-refractivity contribution in [2.24, 2.45) is 0 Å². The van der Waals surface area contributed by atoms with Crippen molar-refractivity contribution < 1.29 is 9.59 Å². The van der Waals surface area contributed by atoms with Crippen LogP contribution in [0.2, 0.25) is 0 Å². The fraction of sp³-hybridized carbons (Fsp3) is 0.312. The highest BCUT2D eigenvalue weighted by atomic mass is 32.2. The number of amides is 2. The van der Waals surface area contributed by atoms with Crippen LogP contribution < -0.4 is 5.32 Å². The van der Waals surface area contributed by atoms with Gasteiger partial charge in [-0.25, -0.2) is 0 Å². The summed E-state index contributed by atoms with van der Waals surface area (Å²) in [6.45, 7) is 1.33. The molecule has 2 aromatic rings. The van der Waals surface area contributed by atoms with E-state index in [1.54, 1.807) is 11.1 Å². The summed E-state index contributed by atoms with van der Waals surface area (Å²) in [6.07, 6.45) is 3.88. The third-order valence-corrected chi connectivity index (χ3v) is 5.46. The molecular formula is C16H16N4O2S. The van der Waals surface area contributed by atoms with Crippen molar-refractivity contribution in [3.8, 4) is 0 Å². The zero-order valence-corrected chi connectivity index (χ0v) is 13.2. The summed E-state index contributed by atoms with van der Waals surface area (Å²) in [5, 5.41) is 6.71. The minimum absolute atomic E-state index is 0.0282. The molecule has 2 aliphatic heterocycles. The third-order valence-electron chi connectivity index (χ3n) is 4.18. The van der Waals surface area contributed by atoms with Crippen molar-refractivity contribution in [1.82, 2.24) is 14.7 Å². The molecule has 1 N–H and O–H groups in total. The van der Waals surface area contributed by atoms with Crippen LogP contribution in [0.4, 0.5) is 5.69 Å². The van der Waals surface area contributed by atoms with Crippen LogP contribution in [0.25, 0.3) is 0 Å². The molecule has 0 aliphatic carbocycles. The second-order valence-electron chi connectivity index (χ2n) is 5.73. The Kier molecular flexibility index (Phi) is 3.57. The monoisotopic (exact) mass is 328 g/mol. The lowest BCUT2D eigenvalue weighted by Gasteiger charge is -2.40. The van der Waals surface area contributed by atoms with Crippen molar-refractivity contribution in [2.75, 3.05) is 18.4 Å². The molecule has 7 heteroatoms. The number of nitrogens with zero attached hydrogens (tertiary/aromatic N) is 3. The van der Waals surface area contributed by atoms with Crippen LogP contribution in [0.15, 0.2) is 47.6 Å². The molecule has 3 heterocycles. The number of carbonyl (C=O) groups is 2. The van der Waals surface area contributed by atoms with Crippen LogP contribution in [0.1, 0.15) is 12.5 Å². The van der Waals surface area contributed by atoms with Gasteiger partial charge in [-0.1, -0.05) is 12.1 Å². The van der Waals surface area contributed by atoms with E-state index in [9.17, 15) is 9.59 Å². The first kappa shape index (κ1) is 14.3. The summed E-state index contributed by atoms with van der Waals surface area (Å²) in [7, 11) is 0. The van der Waals surface area contributed by atoms with Gasteiger partial charge in [0.2, 0.25) is 11.8 Å². The normalized spacial score (nSPS) is 20.6. The molecule has 1 saturated heterocycles. The molecule has 0 spiro atoms. The molecule has 6 nitrogen and oxygen atoms in total. The lowest BCUT2D eigenvalue weighted by atomic mass is 10.1. The Bertz CT molecular complexity index is 740. The second kappa shape index (κ2) is 5.73. The molecule has 0 saturated carbocycles. The minimum Gasteiger partial charge on any atom is -0.338 e. The van der Waals surface area contributed by atoms with E-state index in [1.807, 2.05) is 41.2 Å². The summed E-state index contributed by atoms with van der Waals surface area (Å²) < 4.78 is 1.88. The summed E-state index contributed by atoms with van der Waals surface area (Å²) in [5.74, 6) is -0.0633. The molecule has 23 heavy (non-hydrogen) atoms. The van der Waals surface area contributed by atoms with E-state index < -0.39 is 0 Å². The van der Waals surface area contributed by atoms with Crippen molar-refractivity contribution in [2.45, 2.75) is 22.6 Å². The molecule has 0 bridgehead atoms. The largest absolute Gasteiger partial charge is 0.338 e. The van der Waals surface area contributed by atoms with E-state index in [0.717, 1.165) is 10.6 Å². The maximum atomic E-state index is 12.4. The van der Waals surface area contributed by atoms with E-state index in [0.29, 0.717) is 13.1 Å². The maximum Gasteiger partial charge on any atom is 0.238 e. The second-order valence-corrected chi connectivity index (χ2v) is 6.98. The molecule has 1 fully saturated rings. The molecule has 2 aliphatic rings. The number of para-hydroxylation sites is 1. The van der Waals surface area contributed by atoms with Crippen LogP contribution >= 0.6 is 11.8 Å². The molecular weight excluding hydrogens is 312 g/mol. The molecule has 0 radical (unpaired) electrons. The number of rotatable bonds is 3. The number of anilines is 1. The van der Waals surface area contributed by atoms with Crippen LogP contribution in [0.5, 0.6) is 0 Å². The predicted octanol–water partition coefficient (Wildman–Crippen LogP) is 1.77. The van der Waals surface area contributed by atoms with E-state index in [4.69, 9.17) is 0 Å². The van der Waals surface area contributed by atoms with E-state index in [2.05, 4.69) is 10.4 Å². The quantitative estimate of drug-likeness (QED) is 0.932. The summed E-state index contributed by atoms with van der Waals surface area (Å²) >= 11 is 1.47. The predicted molar refractivity (Wildman–Crippen MR) is 87.2 cm³/mol. The van der Waals surface area contributed by atoms with Crippen LogP contribution in [0, 0.1) is 0 Å². The Labute approximate surface area is 137 Å². The Morgan fingerprint density at radius 2 is 2.13 bits per heavy atom. The number of likely N-dealkylation sites (tertiary alicyclic amines) is 1. The highest BCUT2D eigenvalue weighted by Crippen LogP contribution is 2.37.